The highest BCUT2D eigenvalue weighted by Gasteiger charge is 2.39. The van der Waals surface area contributed by atoms with Crippen molar-refractivity contribution < 1.29 is 4.79 Å². The van der Waals surface area contributed by atoms with Gasteiger partial charge in [0.2, 0.25) is 0 Å². The first-order valence-electron chi connectivity index (χ1n) is 8.78. The van der Waals surface area contributed by atoms with Gasteiger partial charge in [0.15, 0.2) is 0 Å². The van der Waals surface area contributed by atoms with Gasteiger partial charge in [-0.25, -0.2) is 0 Å². The van der Waals surface area contributed by atoms with Gasteiger partial charge in [0.1, 0.15) is 5.56 Å². The van der Waals surface area contributed by atoms with E-state index in [1.165, 1.54) is 6.42 Å². The average molecular weight is 325 g/mol. The normalized spacial score (nSPS) is 24.8. The lowest BCUT2D eigenvalue weighted by molar-refractivity contribution is 0.0663. The van der Waals surface area contributed by atoms with Gasteiger partial charge in [0, 0.05) is 24.1 Å². The van der Waals surface area contributed by atoms with Crippen molar-refractivity contribution in [3.63, 3.8) is 0 Å². The molecule has 2 aliphatic heterocycles. The number of hydrogen-bond acceptors (Lipinski definition) is 3. The Bertz CT molecular complexity index is 829. The third kappa shape index (κ3) is 2.53. The Balaban J connectivity index is 1.67. The van der Waals surface area contributed by atoms with Crippen LogP contribution in [0.3, 0.4) is 0 Å². The molecule has 2 unspecified atom stereocenters. The molecule has 2 fully saturated rings. The van der Waals surface area contributed by atoms with Crippen LogP contribution < -0.4 is 5.56 Å². The van der Waals surface area contributed by atoms with Crippen LogP contribution >= 0.6 is 0 Å². The standard InChI is InChI=1S/C19H23N3O2/c1-21-10-4-8-16(21)17-9-5-11-22(17)19(24)14-12-13-6-2-3-7-15(13)20-18(14)23/h2-3,6-7,12,16-17H,4-5,8-11H2,1H3,(H,20,23). The molecule has 0 aliphatic carbocycles. The van der Waals surface area contributed by atoms with Crippen LogP contribution in [0.4, 0.5) is 0 Å². The lowest BCUT2D eigenvalue weighted by Gasteiger charge is -2.33. The van der Waals surface area contributed by atoms with E-state index in [9.17, 15) is 9.59 Å². The number of benzene rings is 1. The zero-order valence-electron chi connectivity index (χ0n) is 14.0. The molecule has 5 nitrogen and oxygen atoms in total. The van der Waals surface area contributed by atoms with E-state index >= 15 is 0 Å². The number of para-hydroxylation sites is 1. The molecule has 2 atom stereocenters. The predicted octanol–water partition coefficient (Wildman–Crippen LogP) is 2.23. The van der Waals surface area contributed by atoms with Gasteiger partial charge in [-0.05, 0) is 56.8 Å². The second-order valence-corrected chi connectivity index (χ2v) is 7.00. The molecule has 0 saturated carbocycles. The SMILES string of the molecule is CN1CCCC1C1CCCN1C(=O)c1cc2ccccc2[nH]c1=O. The van der Waals surface area contributed by atoms with Crippen molar-refractivity contribution in [3.05, 3.63) is 46.2 Å². The van der Waals surface area contributed by atoms with Gasteiger partial charge in [0.25, 0.3) is 11.5 Å². The lowest BCUT2D eigenvalue weighted by Crippen LogP contribution is -2.48. The summed E-state index contributed by atoms with van der Waals surface area (Å²) in [5, 5.41) is 0.897. The third-order valence-corrected chi connectivity index (χ3v) is 5.56. The monoisotopic (exact) mass is 325 g/mol. The maximum Gasteiger partial charge on any atom is 0.261 e. The Morgan fingerprint density at radius 3 is 2.67 bits per heavy atom. The molecule has 1 amide bonds. The van der Waals surface area contributed by atoms with Crippen LogP contribution in [0, 0.1) is 0 Å². The van der Waals surface area contributed by atoms with Crippen LogP contribution in [-0.4, -0.2) is 52.9 Å². The zero-order chi connectivity index (χ0) is 16.7. The number of rotatable bonds is 2. The molecule has 3 heterocycles. The summed E-state index contributed by atoms with van der Waals surface area (Å²) < 4.78 is 0. The molecule has 5 heteroatoms. The minimum Gasteiger partial charge on any atom is -0.334 e. The fraction of sp³-hybridized carbons (Fsp3) is 0.474. The first kappa shape index (κ1) is 15.4. The zero-order valence-corrected chi connectivity index (χ0v) is 14.0. The highest BCUT2D eigenvalue weighted by Crippen LogP contribution is 2.30. The van der Waals surface area contributed by atoms with E-state index in [2.05, 4.69) is 16.9 Å². The topological polar surface area (TPSA) is 56.4 Å². The number of fused-ring (bicyclic) bond motifs is 1. The molecule has 1 aromatic carbocycles. The number of hydrogen-bond donors (Lipinski definition) is 1. The molecule has 126 valence electrons. The van der Waals surface area contributed by atoms with Crippen molar-refractivity contribution in [1.82, 2.24) is 14.8 Å². The summed E-state index contributed by atoms with van der Waals surface area (Å²) in [5.74, 6) is -0.121. The molecule has 24 heavy (non-hydrogen) atoms. The number of nitrogens with zero attached hydrogens (tertiary/aromatic N) is 2. The molecule has 2 saturated heterocycles. The van der Waals surface area contributed by atoms with Crippen molar-refractivity contribution in [2.24, 2.45) is 0 Å². The quantitative estimate of drug-likeness (QED) is 0.921. The average Bonchev–Trinajstić information content (AvgIpc) is 3.21. The number of likely N-dealkylation sites (N-methyl/N-ethyl adjacent to an activating group) is 1. The van der Waals surface area contributed by atoms with Gasteiger partial charge in [0.05, 0.1) is 0 Å². The Kier molecular flexibility index (Phi) is 3.88. The Labute approximate surface area is 141 Å². The minimum atomic E-state index is -0.288. The number of aromatic amines is 1. The molecule has 0 spiro atoms. The molecular weight excluding hydrogens is 302 g/mol. The van der Waals surface area contributed by atoms with Crippen LogP contribution in [-0.2, 0) is 0 Å². The van der Waals surface area contributed by atoms with Gasteiger partial charge in [-0.2, -0.15) is 0 Å². The van der Waals surface area contributed by atoms with E-state index in [0.29, 0.717) is 6.04 Å². The van der Waals surface area contributed by atoms with E-state index < -0.39 is 0 Å². The highest BCUT2D eigenvalue weighted by atomic mass is 16.2. The highest BCUT2D eigenvalue weighted by molar-refractivity contribution is 5.97. The summed E-state index contributed by atoms with van der Waals surface area (Å²) in [7, 11) is 2.14. The molecule has 1 aromatic heterocycles. The van der Waals surface area contributed by atoms with Crippen LogP contribution in [0.5, 0.6) is 0 Å². The van der Waals surface area contributed by atoms with Crippen molar-refractivity contribution in [2.75, 3.05) is 20.1 Å². The Morgan fingerprint density at radius 1 is 1.12 bits per heavy atom. The number of H-pyrrole nitrogens is 1. The minimum absolute atomic E-state index is 0.121. The molecule has 2 aliphatic rings. The number of likely N-dealkylation sites (tertiary alicyclic amines) is 2. The number of carbonyl (C=O) groups excluding carboxylic acids is 1. The number of nitrogens with one attached hydrogen (secondary N) is 1. The molecule has 0 radical (unpaired) electrons. The fourth-order valence-corrected chi connectivity index (χ4v) is 4.33. The van der Waals surface area contributed by atoms with Crippen LogP contribution in [0.1, 0.15) is 36.0 Å². The first-order valence-corrected chi connectivity index (χ1v) is 8.78. The maximum atomic E-state index is 13.1. The second-order valence-electron chi connectivity index (χ2n) is 7.00. The van der Waals surface area contributed by atoms with Gasteiger partial charge < -0.3 is 14.8 Å². The van der Waals surface area contributed by atoms with Gasteiger partial charge in [-0.1, -0.05) is 18.2 Å². The van der Waals surface area contributed by atoms with Gasteiger partial charge in [-0.15, -0.1) is 0 Å². The van der Waals surface area contributed by atoms with Crippen LogP contribution in [0.15, 0.2) is 35.1 Å². The Hall–Kier alpha value is -2.14. The fourth-order valence-electron chi connectivity index (χ4n) is 4.33. The second kappa shape index (κ2) is 6.06. The first-order chi connectivity index (χ1) is 11.6. The maximum absolute atomic E-state index is 13.1. The van der Waals surface area contributed by atoms with Gasteiger partial charge in [-0.3, -0.25) is 9.59 Å². The van der Waals surface area contributed by atoms with E-state index in [-0.39, 0.29) is 23.1 Å². The van der Waals surface area contributed by atoms with Crippen LogP contribution in [0.25, 0.3) is 10.9 Å². The van der Waals surface area contributed by atoms with E-state index in [0.717, 1.165) is 43.3 Å². The predicted molar refractivity (Wildman–Crippen MR) is 94.3 cm³/mol. The summed E-state index contributed by atoms with van der Waals surface area (Å²) in [6, 6.07) is 9.98. The van der Waals surface area contributed by atoms with Crippen molar-refractivity contribution >= 4 is 16.8 Å². The summed E-state index contributed by atoms with van der Waals surface area (Å²) >= 11 is 0. The Morgan fingerprint density at radius 2 is 1.88 bits per heavy atom. The molecule has 2 aromatic rings. The number of carbonyl (C=O) groups is 1. The summed E-state index contributed by atoms with van der Waals surface area (Å²) in [5.41, 5.74) is 0.748. The number of amides is 1. The smallest absolute Gasteiger partial charge is 0.261 e. The lowest BCUT2D eigenvalue weighted by atomic mass is 10.0. The summed E-state index contributed by atoms with van der Waals surface area (Å²) in [4.78, 5) is 32.6. The number of aromatic nitrogens is 1. The van der Waals surface area contributed by atoms with Crippen molar-refractivity contribution in [3.8, 4) is 0 Å². The molecular formula is C19H23N3O2. The molecule has 0 bridgehead atoms. The van der Waals surface area contributed by atoms with E-state index in [4.69, 9.17) is 0 Å². The van der Waals surface area contributed by atoms with Crippen molar-refractivity contribution in [1.29, 1.82) is 0 Å². The number of pyridine rings is 1. The molecule has 1 N–H and O–H groups in total. The van der Waals surface area contributed by atoms with Crippen molar-refractivity contribution in [2.45, 2.75) is 37.8 Å². The van der Waals surface area contributed by atoms with Crippen LogP contribution in [0.2, 0.25) is 0 Å². The molecule has 4 rings (SSSR count). The largest absolute Gasteiger partial charge is 0.334 e. The van der Waals surface area contributed by atoms with E-state index in [1.54, 1.807) is 6.07 Å². The summed E-state index contributed by atoms with van der Waals surface area (Å²) in [6.07, 6.45) is 4.38. The van der Waals surface area contributed by atoms with Gasteiger partial charge >= 0.3 is 0 Å². The summed E-state index contributed by atoms with van der Waals surface area (Å²) in [6.45, 7) is 1.85. The third-order valence-electron chi connectivity index (χ3n) is 5.56. The van der Waals surface area contributed by atoms with E-state index in [1.807, 2.05) is 29.2 Å².